The molecule has 0 aromatic heterocycles. The topological polar surface area (TPSA) is 58.9 Å². The van der Waals surface area contributed by atoms with Crippen LogP contribution in [-0.4, -0.2) is 12.2 Å². The van der Waals surface area contributed by atoms with Crippen LogP contribution in [0.25, 0.3) is 12.2 Å². The second-order valence-corrected chi connectivity index (χ2v) is 2.75. The zero-order valence-corrected chi connectivity index (χ0v) is 8.43. The van der Waals surface area contributed by atoms with Crippen molar-refractivity contribution in [3.05, 3.63) is 36.4 Å². The minimum atomic E-state index is 0.241. The molecule has 4 heteroatoms. The van der Waals surface area contributed by atoms with E-state index in [-0.39, 0.29) is 11.4 Å². The molecule has 0 atom stereocenters. The van der Waals surface area contributed by atoms with Crippen molar-refractivity contribution < 1.29 is 9.59 Å². The van der Waals surface area contributed by atoms with Crippen molar-refractivity contribution in [1.29, 1.82) is 0 Å². The van der Waals surface area contributed by atoms with Gasteiger partial charge in [-0.3, -0.25) is 0 Å². The molecule has 4 nitrogen and oxygen atoms in total. The standard InChI is InChI=1S/C12H8N2O2/c1-3-9-5-6-11(13-7-15)12(14-8-16)10(9)4-2/h3-6H,1-2H2. The normalized spacial score (nSPS) is 8.50. The van der Waals surface area contributed by atoms with E-state index in [1.165, 1.54) is 18.2 Å². The van der Waals surface area contributed by atoms with Crippen LogP contribution in [0.4, 0.5) is 11.4 Å². The van der Waals surface area contributed by atoms with Gasteiger partial charge in [-0.15, -0.1) is 0 Å². The predicted octanol–water partition coefficient (Wildman–Crippen LogP) is 2.91. The summed E-state index contributed by atoms with van der Waals surface area (Å²) in [6.45, 7) is 7.23. The van der Waals surface area contributed by atoms with E-state index in [1.54, 1.807) is 18.2 Å². The van der Waals surface area contributed by atoms with Crippen LogP contribution in [0.5, 0.6) is 0 Å². The first-order chi connectivity index (χ1) is 7.78. The lowest BCUT2D eigenvalue weighted by Gasteiger charge is -2.05. The zero-order chi connectivity index (χ0) is 12.0. The molecule has 0 spiro atoms. The minimum absolute atomic E-state index is 0.241. The van der Waals surface area contributed by atoms with Crippen molar-refractivity contribution >= 4 is 35.7 Å². The molecule has 1 rings (SSSR count). The second kappa shape index (κ2) is 5.37. The minimum Gasteiger partial charge on any atom is -0.211 e. The molecule has 0 unspecified atom stereocenters. The Morgan fingerprint density at radius 2 is 1.75 bits per heavy atom. The first-order valence-electron chi connectivity index (χ1n) is 4.36. The summed E-state index contributed by atoms with van der Waals surface area (Å²) in [5.74, 6) is 0. The fourth-order valence-electron chi connectivity index (χ4n) is 1.31. The van der Waals surface area contributed by atoms with E-state index in [0.29, 0.717) is 5.56 Å². The number of hydrogen-bond donors (Lipinski definition) is 0. The van der Waals surface area contributed by atoms with Crippen LogP contribution in [0.3, 0.4) is 0 Å². The van der Waals surface area contributed by atoms with Crippen LogP contribution in [0.1, 0.15) is 11.1 Å². The van der Waals surface area contributed by atoms with Gasteiger partial charge in [0, 0.05) is 5.56 Å². The Hall–Kier alpha value is -2.54. The van der Waals surface area contributed by atoms with E-state index >= 15 is 0 Å². The maximum atomic E-state index is 10.3. The highest BCUT2D eigenvalue weighted by atomic mass is 16.1. The number of nitrogens with zero attached hydrogens (tertiary/aromatic N) is 2. The van der Waals surface area contributed by atoms with Crippen LogP contribution in [-0.2, 0) is 9.59 Å². The number of carbonyl (C=O) groups excluding carboxylic acids is 2. The average molecular weight is 212 g/mol. The SMILES string of the molecule is C=Cc1ccc(N=C=O)c(N=C=O)c1C=C. The molecule has 0 amide bonds. The Kier molecular flexibility index (Phi) is 3.87. The third-order valence-corrected chi connectivity index (χ3v) is 1.98. The number of rotatable bonds is 4. The molecular formula is C12H8N2O2. The van der Waals surface area contributed by atoms with Crippen molar-refractivity contribution in [2.45, 2.75) is 0 Å². The number of benzene rings is 1. The number of isocyanates is 2. The van der Waals surface area contributed by atoms with Crippen LogP contribution in [0.2, 0.25) is 0 Å². The van der Waals surface area contributed by atoms with Crippen molar-refractivity contribution in [1.82, 2.24) is 0 Å². The monoisotopic (exact) mass is 212 g/mol. The zero-order valence-electron chi connectivity index (χ0n) is 8.43. The van der Waals surface area contributed by atoms with Gasteiger partial charge in [-0.05, 0) is 11.6 Å². The number of aliphatic imine (C=N–C) groups is 2. The molecule has 0 aliphatic rings. The highest BCUT2D eigenvalue weighted by Gasteiger charge is 2.08. The predicted molar refractivity (Wildman–Crippen MR) is 62.2 cm³/mol. The van der Waals surface area contributed by atoms with Gasteiger partial charge in [-0.25, -0.2) is 9.59 Å². The maximum Gasteiger partial charge on any atom is 0.240 e. The van der Waals surface area contributed by atoms with Crippen LogP contribution in [0.15, 0.2) is 35.3 Å². The molecule has 0 heterocycles. The van der Waals surface area contributed by atoms with Crippen molar-refractivity contribution in [3.8, 4) is 0 Å². The Labute approximate surface area is 92.4 Å². The van der Waals surface area contributed by atoms with E-state index in [2.05, 4.69) is 23.1 Å². The molecular weight excluding hydrogens is 204 g/mol. The lowest BCUT2D eigenvalue weighted by Crippen LogP contribution is -1.82. The summed E-state index contributed by atoms with van der Waals surface area (Å²) >= 11 is 0. The molecule has 16 heavy (non-hydrogen) atoms. The van der Waals surface area contributed by atoms with Crippen molar-refractivity contribution in [3.63, 3.8) is 0 Å². The lowest BCUT2D eigenvalue weighted by molar-refractivity contribution is 0.564. The highest BCUT2D eigenvalue weighted by Crippen LogP contribution is 2.34. The van der Waals surface area contributed by atoms with Gasteiger partial charge in [0.1, 0.15) is 11.4 Å². The molecule has 0 aliphatic carbocycles. The largest absolute Gasteiger partial charge is 0.240 e. The van der Waals surface area contributed by atoms with Gasteiger partial charge in [-0.1, -0.05) is 31.4 Å². The maximum absolute atomic E-state index is 10.3. The van der Waals surface area contributed by atoms with Crippen LogP contribution < -0.4 is 0 Å². The second-order valence-electron chi connectivity index (χ2n) is 2.75. The molecule has 0 radical (unpaired) electrons. The van der Waals surface area contributed by atoms with Gasteiger partial charge in [0.15, 0.2) is 0 Å². The average Bonchev–Trinajstić information content (AvgIpc) is 2.31. The molecule has 0 aliphatic heterocycles. The van der Waals surface area contributed by atoms with Crippen LogP contribution in [0, 0.1) is 0 Å². The first kappa shape index (κ1) is 11.5. The summed E-state index contributed by atoms with van der Waals surface area (Å²) in [7, 11) is 0. The molecule has 78 valence electrons. The van der Waals surface area contributed by atoms with Gasteiger partial charge < -0.3 is 0 Å². The Bertz CT molecular complexity index is 534. The molecule has 0 bridgehead atoms. The fraction of sp³-hybridized carbons (Fsp3) is 0. The van der Waals surface area contributed by atoms with Gasteiger partial charge in [0.2, 0.25) is 12.2 Å². The first-order valence-corrected chi connectivity index (χ1v) is 4.36. The summed E-state index contributed by atoms with van der Waals surface area (Å²) in [6.07, 6.45) is 5.91. The third kappa shape index (κ3) is 2.10. The summed E-state index contributed by atoms with van der Waals surface area (Å²) in [4.78, 5) is 27.5. The molecule has 0 saturated carbocycles. The molecule has 0 fully saturated rings. The van der Waals surface area contributed by atoms with E-state index in [4.69, 9.17) is 0 Å². The summed E-state index contributed by atoms with van der Waals surface area (Å²) in [6, 6.07) is 3.25. The summed E-state index contributed by atoms with van der Waals surface area (Å²) in [5, 5.41) is 0. The molecule has 0 N–H and O–H groups in total. The Morgan fingerprint density at radius 1 is 1.06 bits per heavy atom. The Balaban J connectivity index is 3.68. The fourth-order valence-corrected chi connectivity index (χ4v) is 1.31. The van der Waals surface area contributed by atoms with Crippen molar-refractivity contribution in [2.75, 3.05) is 0 Å². The molecule has 0 saturated heterocycles. The summed E-state index contributed by atoms with van der Waals surface area (Å²) in [5.41, 5.74) is 1.81. The van der Waals surface area contributed by atoms with E-state index in [9.17, 15) is 9.59 Å². The quantitative estimate of drug-likeness (QED) is 0.569. The summed E-state index contributed by atoms with van der Waals surface area (Å²) < 4.78 is 0. The highest BCUT2D eigenvalue weighted by molar-refractivity contribution is 5.83. The van der Waals surface area contributed by atoms with Crippen LogP contribution >= 0.6 is 0 Å². The van der Waals surface area contributed by atoms with E-state index in [1.807, 2.05) is 0 Å². The molecule has 1 aromatic rings. The van der Waals surface area contributed by atoms with Crippen molar-refractivity contribution in [2.24, 2.45) is 9.98 Å². The van der Waals surface area contributed by atoms with E-state index < -0.39 is 0 Å². The van der Waals surface area contributed by atoms with E-state index in [0.717, 1.165) is 5.56 Å². The Morgan fingerprint density at radius 3 is 2.25 bits per heavy atom. The molecule has 1 aromatic carbocycles. The smallest absolute Gasteiger partial charge is 0.211 e. The number of hydrogen-bond acceptors (Lipinski definition) is 4. The van der Waals surface area contributed by atoms with Gasteiger partial charge >= 0.3 is 0 Å². The van der Waals surface area contributed by atoms with Gasteiger partial charge in [0.25, 0.3) is 0 Å². The van der Waals surface area contributed by atoms with Gasteiger partial charge in [0.05, 0.1) is 0 Å². The van der Waals surface area contributed by atoms with Gasteiger partial charge in [-0.2, -0.15) is 9.98 Å². The third-order valence-electron chi connectivity index (χ3n) is 1.98. The lowest BCUT2D eigenvalue weighted by atomic mass is 10.0.